The molecule has 1 N–H and O–H groups in total. The third-order valence-corrected chi connectivity index (χ3v) is 4.08. The van der Waals surface area contributed by atoms with Crippen molar-refractivity contribution in [2.24, 2.45) is 0 Å². The van der Waals surface area contributed by atoms with Crippen molar-refractivity contribution in [1.29, 1.82) is 0 Å². The minimum atomic E-state index is -4.65. The highest BCUT2D eigenvalue weighted by atomic mass is 32.2. The monoisotopic (exact) mass is 279 g/mol. The SMILES string of the molecule is CC1CCSC(c2ccc(F)c(C(F)(F)F)c2)N1. The largest absolute Gasteiger partial charge is 0.419 e. The number of halogens is 4. The second-order valence-electron chi connectivity index (χ2n) is 4.34. The Kier molecular flexibility index (Phi) is 3.87. The van der Waals surface area contributed by atoms with Crippen LogP contribution in [0.4, 0.5) is 17.6 Å². The van der Waals surface area contributed by atoms with Crippen LogP contribution in [-0.2, 0) is 6.18 Å². The van der Waals surface area contributed by atoms with Crippen LogP contribution in [0.25, 0.3) is 0 Å². The highest BCUT2D eigenvalue weighted by Gasteiger charge is 2.35. The molecule has 100 valence electrons. The topological polar surface area (TPSA) is 12.0 Å². The van der Waals surface area contributed by atoms with E-state index >= 15 is 0 Å². The first kappa shape index (κ1) is 13.7. The van der Waals surface area contributed by atoms with Gasteiger partial charge in [0.05, 0.1) is 10.9 Å². The van der Waals surface area contributed by atoms with Crippen molar-refractivity contribution in [2.45, 2.75) is 30.9 Å². The molecule has 0 aliphatic carbocycles. The number of hydrogen-bond acceptors (Lipinski definition) is 2. The molecule has 1 saturated heterocycles. The first-order chi connectivity index (χ1) is 8.38. The van der Waals surface area contributed by atoms with Crippen molar-refractivity contribution in [3.05, 3.63) is 35.1 Å². The van der Waals surface area contributed by atoms with Gasteiger partial charge >= 0.3 is 6.18 Å². The van der Waals surface area contributed by atoms with Gasteiger partial charge in [-0.15, -0.1) is 11.8 Å². The number of nitrogens with one attached hydrogen (secondary N) is 1. The molecule has 1 aromatic carbocycles. The minimum Gasteiger partial charge on any atom is -0.299 e. The van der Waals surface area contributed by atoms with Crippen molar-refractivity contribution in [2.75, 3.05) is 5.75 Å². The van der Waals surface area contributed by atoms with E-state index in [-0.39, 0.29) is 11.4 Å². The summed E-state index contributed by atoms with van der Waals surface area (Å²) >= 11 is 1.54. The number of rotatable bonds is 1. The van der Waals surface area contributed by atoms with E-state index in [1.54, 1.807) is 11.8 Å². The molecule has 1 aliphatic rings. The molecule has 2 unspecified atom stereocenters. The van der Waals surface area contributed by atoms with Crippen LogP contribution in [0.15, 0.2) is 18.2 Å². The maximum Gasteiger partial charge on any atom is 0.419 e. The minimum absolute atomic E-state index is 0.199. The Balaban J connectivity index is 2.29. The Bertz CT molecular complexity index is 433. The molecule has 0 bridgehead atoms. The first-order valence-electron chi connectivity index (χ1n) is 5.62. The van der Waals surface area contributed by atoms with E-state index in [1.165, 1.54) is 6.07 Å². The van der Waals surface area contributed by atoms with E-state index in [9.17, 15) is 17.6 Å². The molecule has 2 rings (SSSR count). The Morgan fingerprint density at radius 1 is 1.33 bits per heavy atom. The maximum absolute atomic E-state index is 13.2. The molecule has 0 aromatic heterocycles. The first-order valence-corrected chi connectivity index (χ1v) is 6.67. The second-order valence-corrected chi connectivity index (χ2v) is 5.56. The molecule has 0 saturated carbocycles. The van der Waals surface area contributed by atoms with Gasteiger partial charge in [0.2, 0.25) is 0 Å². The second kappa shape index (κ2) is 5.09. The van der Waals surface area contributed by atoms with Crippen LogP contribution in [0.1, 0.15) is 29.8 Å². The van der Waals surface area contributed by atoms with Gasteiger partial charge in [0.1, 0.15) is 5.82 Å². The highest BCUT2D eigenvalue weighted by Crippen LogP contribution is 2.36. The third kappa shape index (κ3) is 2.98. The van der Waals surface area contributed by atoms with Gasteiger partial charge in [-0.2, -0.15) is 13.2 Å². The van der Waals surface area contributed by atoms with E-state index < -0.39 is 17.6 Å². The van der Waals surface area contributed by atoms with E-state index in [0.717, 1.165) is 24.3 Å². The van der Waals surface area contributed by atoms with Crippen LogP contribution in [0.3, 0.4) is 0 Å². The van der Waals surface area contributed by atoms with Crippen LogP contribution in [0.2, 0.25) is 0 Å². The summed E-state index contributed by atoms with van der Waals surface area (Å²) in [6.07, 6.45) is -3.67. The zero-order chi connectivity index (χ0) is 13.3. The Hall–Kier alpha value is -0.750. The molecule has 6 heteroatoms. The molecule has 0 amide bonds. The molecule has 0 radical (unpaired) electrons. The zero-order valence-electron chi connectivity index (χ0n) is 9.72. The average molecular weight is 279 g/mol. The van der Waals surface area contributed by atoms with Crippen molar-refractivity contribution in [1.82, 2.24) is 5.32 Å². The lowest BCUT2D eigenvalue weighted by Gasteiger charge is -2.29. The van der Waals surface area contributed by atoms with Gasteiger partial charge in [-0.3, -0.25) is 5.32 Å². The number of alkyl halides is 3. The summed E-state index contributed by atoms with van der Waals surface area (Å²) in [6, 6.07) is 3.46. The third-order valence-electron chi connectivity index (χ3n) is 2.87. The van der Waals surface area contributed by atoms with Gasteiger partial charge in [-0.25, -0.2) is 4.39 Å². The Morgan fingerprint density at radius 3 is 2.67 bits per heavy atom. The highest BCUT2D eigenvalue weighted by molar-refractivity contribution is 7.99. The van der Waals surface area contributed by atoms with Crippen LogP contribution in [-0.4, -0.2) is 11.8 Å². The molecule has 2 atom stereocenters. The van der Waals surface area contributed by atoms with Gasteiger partial charge in [-0.1, -0.05) is 6.07 Å². The quantitative estimate of drug-likeness (QED) is 0.781. The van der Waals surface area contributed by atoms with Gasteiger partial charge in [0, 0.05) is 6.04 Å². The molecular weight excluding hydrogens is 266 g/mol. The van der Waals surface area contributed by atoms with Crippen LogP contribution in [0.5, 0.6) is 0 Å². The Labute approximate surface area is 107 Å². The standard InChI is InChI=1S/C12H13F4NS/c1-7-4-5-18-11(17-7)8-2-3-10(13)9(6-8)12(14,15)16/h2-3,6-7,11,17H,4-5H2,1H3. The summed E-state index contributed by atoms with van der Waals surface area (Å²) in [5, 5.41) is 3.01. The van der Waals surface area contributed by atoms with Gasteiger partial charge < -0.3 is 0 Å². The molecule has 0 spiro atoms. The van der Waals surface area contributed by atoms with E-state index in [2.05, 4.69) is 5.32 Å². The van der Waals surface area contributed by atoms with Gasteiger partial charge in [0.15, 0.2) is 0 Å². The summed E-state index contributed by atoms with van der Waals surface area (Å²) in [5.74, 6) is -0.336. The lowest BCUT2D eigenvalue weighted by atomic mass is 10.1. The fraction of sp³-hybridized carbons (Fsp3) is 0.500. The van der Waals surface area contributed by atoms with Crippen LogP contribution < -0.4 is 5.32 Å². The summed E-state index contributed by atoms with van der Waals surface area (Å²) < 4.78 is 51.0. The van der Waals surface area contributed by atoms with Gasteiger partial charge in [0.25, 0.3) is 0 Å². The smallest absolute Gasteiger partial charge is 0.299 e. The van der Waals surface area contributed by atoms with E-state index in [4.69, 9.17) is 0 Å². The molecular formula is C12H13F4NS. The summed E-state index contributed by atoms with van der Waals surface area (Å²) in [7, 11) is 0. The van der Waals surface area contributed by atoms with Gasteiger partial charge in [-0.05, 0) is 36.8 Å². The number of thioether (sulfide) groups is 1. The van der Waals surface area contributed by atoms with Crippen molar-refractivity contribution < 1.29 is 17.6 Å². The van der Waals surface area contributed by atoms with Crippen molar-refractivity contribution >= 4 is 11.8 Å². The molecule has 1 fully saturated rings. The molecule has 1 heterocycles. The van der Waals surface area contributed by atoms with Crippen LogP contribution >= 0.6 is 11.8 Å². The summed E-state index contributed by atoms with van der Waals surface area (Å²) in [6.45, 7) is 1.99. The predicted molar refractivity (Wildman–Crippen MR) is 63.8 cm³/mol. The Morgan fingerprint density at radius 2 is 2.06 bits per heavy atom. The van der Waals surface area contributed by atoms with Crippen LogP contribution in [0, 0.1) is 5.82 Å². The lowest BCUT2D eigenvalue weighted by molar-refractivity contribution is -0.140. The average Bonchev–Trinajstić information content (AvgIpc) is 2.28. The number of hydrogen-bond donors (Lipinski definition) is 1. The zero-order valence-corrected chi connectivity index (χ0v) is 10.5. The normalized spacial score (nSPS) is 25.2. The van der Waals surface area contributed by atoms with Crippen molar-refractivity contribution in [3.8, 4) is 0 Å². The van der Waals surface area contributed by atoms with E-state index in [0.29, 0.717) is 5.56 Å². The fourth-order valence-corrected chi connectivity index (χ4v) is 3.26. The fourth-order valence-electron chi connectivity index (χ4n) is 1.87. The maximum atomic E-state index is 13.2. The summed E-state index contributed by atoms with van der Waals surface area (Å²) in [5.41, 5.74) is -0.721. The molecule has 1 nitrogen and oxygen atoms in total. The molecule has 18 heavy (non-hydrogen) atoms. The molecule has 1 aromatic rings. The lowest BCUT2D eigenvalue weighted by Crippen LogP contribution is -2.33. The number of benzene rings is 1. The summed E-state index contributed by atoms with van der Waals surface area (Å²) in [4.78, 5) is 0. The molecule has 1 aliphatic heterocycles. The van der Waals surface area contributed by atoms with E-state index in [1.807, 2.05) is 6.92 Å². The predicted octanol–water partition coefficient (Wildman–Crippen LogP) is 3.96. The van der Waals surface area contributed by atoms with Crippen molar-refractivity contribution in [3.63, 3.8) is 0 Å².